The summed E-state index contributed by atoms with van der Waals surface area (Å²) in [5.41, 5.74) is 0. The Hall–Kier alpha value is 0.0674. The Morgan fingerprint density at radius 2 is 1.79 bits per heavy atom. The molecule has 0 saturated heterocycles. The molecule has 0 aromatic carbocycles. The first-order valence-electron chi connectivity index (χ1n) is 5.33. The first-order chi connectivity index (χ1) is 6.06. The predicted octanol–water partition coefficient (Wildman–Crippen LogP) is 0.770. The van der Waals surface area contributed by atoms with Crippen molar-refractivity contribution < 1.29 is 18.9 Å². The standard InChI is InChI=1S/C11H23N2.Li/c1-6-7-8-11(12-9(2)3)13-10(4)5;/h9-10H,6-8H2,1-5H3;/q-1;+1. The van der Waals surface area contributed by atoms with Crippen LogP contribution in [0.4, 0.5) is 0 Å². The van der Waals surface area contributed by atoms with E-state index in [2.05, 4.69) is 44.9 Å². The summed E-state index contributed by atoms with van der Waals surface area (Å²) >= 11 is 0. The Labute approximate surface area is 101 Å². The van der Waals surface area contributed by atoms with Crippen molar-refractivity contribution >= 4 is 5.84 Å². The molecule has 0 fully saturated rings. The zero-order valence-electron chi connectivity index (χ0n) is 10.7. The van der Waals surface area contributed by atoms with Crippen molar-refractivity contribution in [2.45, 2.75) is 66.0 Å². The Kier molecular flexibility index (Phi) is 11.3. The molecular weight excluding hydrogens is 167 g/mol. The molecule has 0 rings (SSSR count). The Morgan fingerprint density at radius 3 is 2.14 bits per heavy atom. The molecule has 0 aliphatic heterocycles. The number of amidine groups is 1. The summed E-state index contributed by atoms with van der Waals surface area (Å²) in [5.74, 6) is 1.05. The second kappa shape index (κ2) is 9.62. The van der Waals surface area contributed by atoms with Gasteiger partial charge in [-0.2, -0.15) is 0 Å². The van der Waals surface area contributed by atoms with Gasteiger partial charge in [0.05, 0.1) is 0 Å². The van der Waals surface area contributed by atoms with Gasteiger partial charge in [0.1, 0.15) is 0 Å². The second-order valence-electron chi connectivity index (χ2n) is 3.97. The molecule has 0 aliphatic rings. The van der Waals surface area contributed by atoms with E-state index >= 15 is 0 Å². The van der Waals surface area contributed by atoms with Gasteiger partial charge in [0.15, 0.2) is 0 Å². The maximum atomic E-state index is 4.50. The van der Waals surface area contributed by atoms with Crippen molar-refractivity contribution in [3.8, 4) is 0 Å². The molecule has 78 valence electrons. The largest absolute Gasteiger partial charge is 1.00 e. The van der Waals surface area contributed by atoms with E-state index in [1.54, 1.807) is 0 Å². The predicted molar refractivity (Wildman–Crippen MR) is 60.6 cm³/mol. The zero-order valence-corrected chi connectivity index (χ0v) is 10.7. The van der Waals surface area contributed by atoms with E-state index in [1.807, 2.05) is 0 Å². The third-order valence-electron chi connectivity index (χ3n) is 1.57. The molecule has 0 atom stereocenters. The molecule has 0 aliphatic carbocycles. The van der Waals surface area contributed by atoms with Crippen molar-refractivity contribution in [1.29, 1.82) is 0 Å². The van der Waals surface area contributed by atoms with E-state index in [9.17, 15) is 0 Å². The van der Waals surface area contributed by atoms with E-state index in [0.29, 0.717) is 12.1 Å². The van der Waals surface area contributed by atoms with Crippen molar-refractivity contribution in [2.24, 2.45) is 4.99 Å². The number of hydrogen-bond acceptors (Lipinski definition) is 1. The fourth-order valence-corrected chi connectivity index (χ4v) is 1.09. The molecule has 0 heterocycles. The average Bonchev–Trinajstić information content (AvgIpc) is 1.98. The third-order valence-corrected chi connectivity index (χ3v) is 1.57. The van der Waals surface area contributed by atoms with E-state index < -0.39 is 0 Å². The molecule has 0 radical (unpaired) electrons. The number of unbranched alkanes of at least 4 members (excludes halogenated alkanes) is 1. The van der Waals surface area contributed by atoms with Gasteiger partial charge >= 0.3 is 18.9 Å². The molecule has 0 unspecified atom stereocenters. The van der Waals surface area contributed by atoms with Crippen molar-refractivity contribution in [1.82, 2.24) is 0 Å². The summed E-state index contributed by atoms with van der Waals surface area (Å²) in [7, 11) is 0. The van der Waals surface area contributed by atoms with Gasteiger partial charge < -0.3 is 10.3 Å². The van der Waals surface area contributed by atoms with Crippen LogP contribution in [0.5, 0.6) is 0 Å². The Balaban J connectivity index is 0. The molecule has 0 aromatic heterocycles. The van der Waals surface area contributed by atoms with Crippen molar-refractivity contribution in [3.05, 3.63) is 5.32 Å². The Bertz CT molecular complexity index is 153. The van der Waals surface area contributed by atoms with Gasteiger partial charge in [-0.25, -0.2) is 0 Å². The van der Waals surface area contributed by atoms with E-state index in [1.165, 1.54) is 12.8 Å². The van der Waals surface area contributed by atoms with Crippen LogP contribution in [0.25, 0.3) is 5.32 Å². The Morgan fingerprint density at radius 1 is 1.21 bits per heavy atom. The maximum absolute atomic E-state index is 4.50. The van der Waals surface area contributed by atoms with E-state index in [0.717, 1.165) is 12.3 Å². The number of aliphatic imine (C=N–C) groups is 1. The van der Waals surface area contributed by atoms with Crippen LogP contribution in [0.3, 0.4) is 0 Å². The molecule has 0 aromatic rings. The van der Waals surface area contributed by atoms with Gasteiger partial charge in [-0.05, 0) is 18.5 Å². The molecule has 2 nitrogen and oxygen atoms in total. The van der Waals surface area contributed by atoms with Crippen molar-refractivity contribution in [2.75, 3.05) is 0 Å². The topological polar surface area (TPSA) is 26.5 Å². The fraction of sp³-hybridized carbons (Fsp3) is 0.909. The van der Waals surface area contributed by atoms with Crippen LogP contribution < -0.4 is 18.9 Å². The second-order valence-corrected chi connectivity index (χ2v) is 3.97. The molecule has 0 saturated carbocycles. The van der Waals surface area contributed by atoms with E-state index in [-0.39, 0.29) is 18.9 Å². The molecular formula is C11H23LiN2. The third kappa shape index (κ3) is 10.2. The minimum atomic E-state index is 0. The fourth-order valence-electron chi connectivity index (χ4n) is 1.09. The first-order valence-corrected chi connectivity index (χ1v) is 5.33. The molecule has 0 bridgehead atoms. The van der Waals surface area contributed by atoms with Gasteiger partial charge in [0.2, 0.25) is 0 Å². The normalized spacial score (nSPS) is 11.8. The smallest absolute Gasteiger partial charge is 0.466 e. The summed E-state index contributed by atoms with van der Waals surface area (Å²) in [6.07, 6.45) is 3.44. The number of rotatable bonds is 5. The van der Waals surface area contributed by atoms with Crippen LogP contribution in [0.2, 0.25) is 0 Å². The molecule has 14 heavy (non-hydrogen) atoms. The summed E-state index contributed by atoms with van der Waals surface area (Å²) < 4.78 is 0. The van der Waals surface area contributed by atoms with Gasteiger partial charge in [-0.15, -0.1) is 0 Å². The van der Waals surface area contributed by atoms with Gasteiger partial charge in [0.25, 0.3) is 0 Å². The molecule has 0 N–H and O–H groups in total. The molecule has 0 amide bonds. The minimum absolute atomic E-state index is 0. The monoisotopic (exact) mass is 190 g/mol. The van der Waals surface area contributed by atoms with Crippen LogP contribution >= 0.6 is 0 Å². The van der Waals surface area contributed by atoms with Crippen LogP contribution in [0, 0.1) is 0 Å². The van der Waals surface area contributed by atoms with Crippen molar-refractivity contribution in [3.63, 3.8) is 0 Å². The summed E-state index contributed by atoms with van der Waals surface area (Å²) in [6, 6.07) is 0.740. The molecule has 0 spiro atoms. The SMILES string of the molecule is CCCCC(=NC(C)C)[N-]C(C)C.[Li+]. The van der Waals surface area contributed by atoms with Crippen LogP contribution in [-0.4, -0.2) is 17.9 Å². The number of hydrogen-bond donors (Lipinski definition) is 0. The van der Waals surface area contributed by atoms with Gasteiger partial charge in [-0.1, -0.05) is 53.3 Å². The quantitative estimate of drug-likeness (QED) is 0.348. The zero-order chi connectivity index (χ0) is 10.3. The first kappa shape index (κ1) is 16.5. The van der Waals surface area contributed by atoms with E-state index in [4.69, 9.17) is 0 Å². The maximum Gasteiger partial charge on any atom is 1.00 e. The summed E-state index contributed by atoms with van der Waals surface area (Å²) in [5, 5.41) is 4.50. The van der Waals surface area contributed by atoms with Crippen LogP contribution in [0.1, 0.15) is 53.9 Å². The number of nitrogens with zero attached hydrogens (tertiary/aromatic N) is 2. The summed E-state index contributed by atoms with van der Waals surface area (Å²) in [6.45, 7) is 10.6. The summed E-state index contributed by atoms with van der Waals surface area (Å²) in [4.78, 5) is 4.50. The average molecular weight is 190 g/mol. The molecule has 3 heteroatoms. The minimum Gasteiger partial charge on any atom is -0.466 e. The van der Waals surface area contributed by atoms with Crippen LogP contribution in [-0.2, 0) is 0 Å². The van der Waals surface area contributed by atoms with Gasteiger partial charge in [-0.3, -0.25) is 0 Å². The van der Waals surface area contributed by atoms with Crippen LogP contribution in [0.15, 0.2) is 4.99 Å². The van der Waals surface area contributed by atoms with Gasteiger partial charge in [0, 0.05) is 0 Å².